The second kappa shape index (κ2) is 9.04. The highest BCUT2D eigenvalue weighted by atomic mass is 16.5. The molecule has 1 aliphatic rings. The molecule has 0 aliphatic carbocycles. The lowest BCUT2D eigenvalue weighted by Crippen LogP contribution is -2.39. The van der Waals surface area contributed by atoms with E-state index in [0.29, 0.717) is 12.1 Å². The number of rotatable bonds is 7. The maximum absolute atomic E-state index is 12.8. The lowest BCUT2D eigenvalue weighted by Gasteiger charge is -2.32. The summed E-state index contributed by atoms with van der Waals surface area (Å²) < 4.78 is 5.38. The summed E-state index contributed by atoms with van der Waals surface area (Å²) in [5.74, 6) is 0.918. The quantitative estimate of drug-likeness (QED) is 0.816. The van der Waals surface area contributed by atoms with E-state index in [9.17, 15) is 4.79 Å². The lowest BCUT2D eigenvalue weighted by atomic mass is 9.92. The fourth-order valence-corrected chi connectivity index (χ4v) is 3.81. The van der Waals surface area contributed by atoms with Gasteiger partial charge in [0.1, 0.15) is 5.75 Å². The van der Waals surface area contributed by atoms with Gasteiger partial charge in [0.05, 0.1) is 7.11 Å². The van der Waals surface area contributed by atoms with Gasteiger partial charge in [-0.3, -0.25) is 9.69 Å². The van der Waals surface area contributed by atoms with E-state index in [2.05, 4.69) is 44.0 Å². The van der Waals surface area contributed by atoms with Crippen molar-refractivity contribution in [1.82, 2.24) is 10.2 Å². The van der Waals surface area contributed by atoms with Crippen LogP contribution in [0.15, 0.2) is 29.8 Å². The van der Waals surface area contributed by atoms with Gasteiger partial charge in [-0.15, -0.1) is 0 Å². The minimum atomic E-state index is 0.0852. The van der Waals surface area contributed by atoms with Crippen LogP contribution in [-0.2, 0) is 4.79 Å². The van der Waals surface area contributed by atoms with Gasteiger partial charge in [0, 0.05) is 24.2 Å². The zero-order chi connectivity index (χ0) is 18.4. The van der Waals surface area contributed by atoms with Crippen molar-refractivity contribution in [3.63, 3.8) is 0 Å². The first-order valence-electron chi connectivity index (χ1n) is 9.38. The summed E-state index contributed by atoms with van der Waals surface area (Å²) in [6.07, 6.45) is 2.66. The maximum atomic E-state index is 12.8. The predicted molar refractivity (Wildman–Crippen MR) is 104 cm³/mol. The molecule has 0 fully saturated rings. The molecular weight excluding hydrogens is 312 g/mol. The first-order chi connectivity index (χ1) is 12.0. The number of nitrogens with one attached hydrogen (secondary N) is 1. The molecule has 1 heterocycles. The van der Waals surface area contributed by atoms with Crippen LogP contribution < -0.4 is 10.1 Å². The van der Waals surface area contributed by atoms with Crippen molar-refractivity contribution in [2.75, 3.05) is 20.2 Å². The Morgan fingerprint density at radius 2 is 2.04 bits per heavy atom. The van der Waals surface area contributed by atoms with E-state index < -0.39 is 0 Å². The lowest BCUT2D eigenvalue weighted by molar-refractivity contribution is -0.117. The van der Waals surface area contributed by atoms with E-state index >= 15 is 0 Å². The highest BCUT2D eigenvalue weighted by Gasteiger charge is 2.24. The summed E-state index contributed by atoms with van der Waals surface area (Å²) >= 11 is 0. The highest BCUT2D eigenvalue weighted by molar-refractivity contribution is 6.01. The number of amides is 1. The van der Waals surface area contributed by atoms with Gasteiger partial charge in [-0.2, -0.15) is 0 Å². The Balaban J connectivity index is 2.40. The molecule has 4 heteroatoms. The summed E-state index contributed by atoms with van der Waals surface area (Å²) in [5, 5.41) is 3.07. The molecule has 0 saturated heterocycles. The second-order valence-corrected chi connectivity index (χ2v) is 7.03. The Kier molecular flexibility index (Phi) is 7.06. The maximum Gasteiger partial charge on any atom is 0.247 e. The minimum absolute atomic E-state index is 0.0852. The van der Waals surface area contributed by atoms with Gasteiger partial charge in [0.2, 0.25) is 5.91 Å². The van der Waals surface area contributed by atoms with Crippen LogP contribution in [0.4, 0.5) is 0 Å². The smallest absolute Gasteiger partial charge is 0.247 e. The van der Waals surface area contributed by atoms with Crippen molar-refractivity contribution in [3.8, 4) is 5.75 Å². The number of methoxy groups -OCH3 is 1. The average molecular weight is 344 g/mol. The normalized spacial score (nSPS) is 16.8. The largest absolute Gasteiger partial charge is 0.497 e. The summed E-state index contributed by atoms with van der Waals surface area (Å²) in [6, 6.07) is 8.86. The Morgan fingerprint density at radius 3 is 2.68 bits per heavy atom. The van der Waals surface area contributed by atoms with Gasteiger partial charge in [-0.25, -0.2) is 0 Å². The van der Waals surface area contributed by atoms with Gasteiger partial charge >= 0.3 is 0 Å². The van der Waals surface area contributed by atoms with Crippen molar-refractivity contribution < 1.29 is 9.53 Å². The van der Waals surface area contributed by atoms with Gasteiger partial charge < -0.3 is 10.1 Å². The third kappa shape index (κ3) is 4.85. The van der Waals surface area contributed by atoms with E-state index in [-0.39, 0.29) is 5.91 Å². The Morgan fingerprint density at radius 1 is 1.28 bits per heavy atom. The summed E-state index contributed by atoms with van der Waals surface area (Å²) in [7, 11) is 1.68. The van der Waals surface area contributed by atoms with Crippen LogP contribution in [-0.4, -0.2) is 43.1 Å². The van der Waals surface area contributed by atoms with Crippen molar-refractivity contribution in [3.05, 3.63) is 35.4 Å². The van der Waals surface area contributed by atoms with Crippen LogP contribution in [0.3, 0.4) is 0 Å². The van der Waals surface area contributed by atoms with Gasteiger partial charge in [-0.05, 0) is 69.8 Å². The van der Waals surface area contributed by atoms with Crippen LogP contribution in [0.5, 0.6) is 5.75 Å². The predicted octanol–water partition coefficient (Wildman–Crippen LogP) is 3.87. The number of carbonyl (C=O) groups excluding carboxylic acids is 1. The SMILES string of the molecule is CCN(C(C)C)C(C)CC1=C(c2cccc(OC)c2)CCCNC1=O. The first kappa shape index (κ1) is 19.5. The van der Waals surface area contributed by atoms with Crippen molar-refractivity contribution in [2.45, 2.75) is 59.0 Å². The van der Waals surface area contributed by atoms with E-state index in [0.717, 1.165) is 49.2 Å². The molecule has 0 bridgehead atoms. The summed E-state index contributed by atoms with van der Waals surface area (Å²) in [4.78, 5) is 15.2. The van der Waals surface area contributed by atoms with Gasteiger partial charge in [-0.1, -0.05) is 19.1 Å². The monoisotopic (exact) mass is 344 g/mol. The Hall–Kier alpha value is -1.81. The van der Waals surface area contributed by atoms with Gasteiger partial charge in [0.25, 0.3) is 0 Å². The molecule has 1 aromatic rings. The van der Waals surface area contributed by atoms with Gasteiger partial charge in [0.15, 0.2) is 0 Å². The minimum Gasteiger partial charge on any atom is -0.497 e. The molecule has 1 aliphatic heterocycles. The van der Waals surface area contributed by atoms with Crippen LogP contribution in [0.25, 0.3) is 5.57 Å². The second-order valence-electron chi connectivity index (χ2n) is 7.03. The van der Waals surface area contributed by atoms with E-state index in [1.165, 1.54) is 5.57 Å². The fourth-order valence-electron chi connectivity index (χ4n) is 3.81. The first-order valence-corrected chi connectivity index (χ1v) is 9.38. The number of ether oxygens (including phenoxy) is 1. The third-order valence-corrected chi connectivity index (χ3v) is 5.04. The molecular formula is C21H32N2O2. The van der Waals surface area contributed by atoms with E-state index in [4.69, 9.17) is 4.74 Å². The van der Waals surface area contributed by atoms with Crippen LogP contribution in [0.2, 0.25) is 0 Å². The standard InChI is InChI=1S/C21H32N2O2/c1-6-23(15(2)3)16(4)13-20-19(11-8-12-22-21(20)24)17-9-7-10-18(14-17)25-5/h7,9-10,14-16H,6,8,11-13H2,1-5H3,(H,22,24). The number of allylic oxidation sites excluding steroid dienone is 1. The molecule has 0 saturated carbocycles. The van der Waals surface area contributed by atoms with Crippen LogP contribution in [0, 0.1) is 0 Å². The Bertz CT molecular complexity index is 622. The molecule has 0 radical (unpaired) electrons. The molecule has 1 N–H and O–H groups in total. The highest BCUT2D eigenvalue weighted by Crippen LogP contribution is 2.31. The molecule has 4 nitrogen and oxygen atoms in total. The molecule has 1 atom stereocenters. The topological polar surface area (TPSA) is 41.6 Å². The number of hydrogen-bond donors (Lipinski definition) is 1. The number of carbonyl (C=O) groups is 1. The summed E-state index contributed by atoms with van der Waals surface area (Å²) in [5.41, 5.74) is 3.20. The van der Waals surface area contributed by atoms with E-state index in [1.54, 1.807) is 7.11 Å². The van der Waals surface area contributed by atoms with Crippen molar-refractivity contribution in [2.24, 2.45) is 0 Å². The zero-order valence-electron chi connectivity index (χ0n) is 16.3. The summed E-state index contributed by atoms with van der Waals surface area (Å²) in [6.45, 7) is 10.6. The van der Waals surface area contributed by atoms with Crippen molar-refractivity contribution in [1.29, 1.82) is 0 Å². The fraction of sp³-hybridized carbons (Fsp3) is 0.571. The third-order valence-electron chi connectivity index (χ3n) is 5.04. The number of nitrogens with zero attached hydrogens (tertiary/aromatic N) is 1. The zero-order valence-corrected chi connectivity index (χ0v) is 16.3. The van der Waals surface area contributed by atoms with Crippen LogP contribution >= 0.6 is 0 Å². The average Bonchev–Trinajstić information content (AvgIpc) is 2.77. The number of benzene rings is 1. The molecule has 0 spiro atoms. The molecule has 1 aromatic carbocycles. The van der Waals surface area contributed by atoms with E-state index in [1.807, 2.05) is 18.2 Å². The molecule has 138 valence electrons. The van der Waals surface area contributed by atoms with Crippen LogP contribution in [0.1, 0.15) is 52.5 Å². The molecule has 2 rings (SSSR count). The molecule has 0 aromatic heterocycles. The number of hydrogen-bond acceptors (Lipinski definition) is 3. The Labute approximate surface area is 152 Å². The van der Waals surface area contributed by atoms with Crippen molar-refractivity contribution >= 4 is 11.5 Å². The molecule has 25 heavy (non-hydrogen) atoms. The molecule has 1 amide bonds. The molecule has 1 unspecified atom stereocenters.